The Bertz CT molecular complexity index is 608. The Morgan fingerprint density at radius 3 is 1.69 bits per heavy atom. The van der Waals surface area contributed by atoms with E-state index in [1.165, 1.54) is 5.56 Å². The van der Waals surface area contributed by atoms with Crippen molar-refractivity contribution in [1.29, 1.82) is 0 Å². The highest BCUT2D eigenvalue weighted by molar-refractivity contribution is 7.72. The second-order valence-corrected chi connectivity index (χ2v) is 11.4. The van der Waals surface area contributed by atoms with Gasteiger partial charge in [-0.1, -0.05) is 30.3 Å². The summed E-state index contributed by atoms with van der Waals surface area (Å²) in [6, 6.07) is 10.2. The average Bonchev–Trinajstić information content (AvgIpc) is 2.66. The molecule has 0 aromatic heterocycles. The molecule has 0 fully saturated rings. The van der Waals surface area contributed by atoms with E-state index < -0.39 is 20.6 Å². The van der Waals surface area contributed by atoms with Crippen LogP contribution in [0.1, 0.15) is 46.1 Å². The van der Waals surface area contributed by atoms with Gasteiger partial charge in [-0.25, -0.2) is 0 Å². The van der Waals surface area contributed by atoms with Gasteiger partial charge in [0.25, 0.3) is 0 Å². The monoisotopic (exact) mass is 449 g/mol. The van der Waals surface area contributed by atoms with E-state index in [0.717, 1.165) is 13.1 Å². The zero-order valence-electron chi connectivity index (χ0n) is 18.4. The normalized spacial score (nSPS) is 12.8. The first-order chi connectivity index (χ1) is 13.8. The van der Waals surface area contributed by atoms with E-state index >= 15 is 0 Å². The molecule has 0 bridgehead atoms. The Morgan fingerprint density at radius 2 is 1.28 bits per heavy atom. The largest absolute Gasteiger partial charge is 0.345 e. The molecule has 9 heteroatoms. The number of benzene rings is 1. The van der Waals surface area contributed by atoms with Gasteiger partial charge >= 0.3 is 15.2 Å². The molecule has 0 amide bonds. The molecule has 0 radical (unpaired) electrons. The molecule has 0 aliphatic rings. The van der Waals surface area contributed by atoms with E-state index in [-0.39, 0.29) is 26.4 Å². The van der Waals surface area contributed by atoms with Gasteiger partial charge in [0.2, 0.25) is 0 Å². The van der Waals surface area contributed by atoms with Gasteiger partial charge in [-0.2, -0.15) is 0 Å². The van der Waals surface area contributed by atoms with Gasteiger partial charge in [-0.05, 0) is 59.7 Å². The summed E-state index contributed by atoms with van der Waals surface area (Å²) in [6.07, 6.45) is 1.01. The molecule has 1 rings (SSSR count). The first-order valence-corrected chi connectivity index (χ1v) is 13.6. The molecular weight excluding hydrogens is 412 g/mol. The smallest absolute Gasteiger partial charge is 0.308 e. The van der Waals surface area contributed by atoms with Crippen molar-refractivity contribution in [2.24, 2.45) is 0 Å². The van der Waals surface area contributed by atoms with Gasteiger partial charge in [0.15, 0.2) is 5.40 Å². The molecule has 1 aromatic rings. The molecule has 1 aromatic carbocycles. The summed E-state index contributed by atoms with van der Waals surface area (Å²) in [5.41, 5.74) is 1.22. The lowest BCUT2D eigenvalue weighted by Gasteiger charge is -2.31. The van der Waals surface area contributed by atoms with Gasteiger partial charge in [-0.3, -0.25) is 9.13 Å². The van der Waals surface area contributed by atoms with Crippen LogP contribution in [0.15, 0.2) is 30.3 Å². The van der Waals surface area contributed by atoms with Crippen LogP contribution in [-0.4, -0.2) is 50.3 Å². The Hall–Kier alpha value is -0.520. The first-order valence-electron chi connectivity index (χ1n) is 10.3. The Labute approximate surface area is 176 Å². The fourth-order valence-corrected chi connectivity index (χ4v) is 8.61. The Balaban J connectivity index is 2.92. The average molecular weight is 449 g/mol. The molecular formula is C20H37NO6P2. The number of rotatable bonds is 16. The Kier molecular flexibility index (Phi) is 12.5. The van der Waals surface area contributed by atoms with Crippen LogP contribution in [0.25, 0.3) is 0 Å². The van der Waals surface area contributed by atoms with E-state index in [9.17, 15) is 9.13 Å². The highest BCUT2D eigenvalue weighted by atomic mass is 31.2. The maximum atomic E-state index is 13.5. The minimum absolute atomic E-state index is 0.194. The lowest BCUT2D eigenvalue weighted by molar-refractivity contribution is 0.192. The van der Waals surface area contributed by atoms with Crippen LogP contribution in [0.4, 0.5) is 0 Å². The topological polar surface area (TPSA) is 74.3 Å². The van der Waals surface area contributed by atoms with Crippen molar-refractivity contribution in [2.75, 3.05) is 40.0 Å². The van der Waals surface area contributed by atoms with Crippen LogP contribution in [0, 0.1) is 0 Å². The van der Waals surface area contributed by atoms with Gasteiger partial charge < -0.3 is 23.0 Å². The molecule has 0 unspecified atom stereocenters. The van der Waals surface area contributed by atoms with Gasteiger partial charge in [0.1, 0.15) is 0 Å². The third kappa shape index (κ3) is 8.63. The van der Waals surface area contributed by atoms with E-state index in [0.29, 0.717) is 12.8 Å². The predicted molar refractivity (Wildman–Crippen MR) is 118 cm³/mol. The van der Waals surface area contributed by atoms with Crippen molar-refractivity contribution in [3.63, 3.8) is 0 Å². The molecule has 0 atom stereocenters. The molecule has 29 heavy (non-hydrogen) atoms. The van der Waals surface area contributed by atoms with Crippen molar-refractivity contribution in [3.05, 3.63) is 35.9 Å². The van der Waals surface area contributed by atoms with Crippen LogP contribution in [-0.2, 0) is 33.8 Å². The van der Waals surface area contributed by atoms with Crippen molar-refractivity contribution < 1.29 is 27.2 Å². The quantitative estimate of drug-likeness (QED) is 0.297. The maximum absolute atomic E-state index is 13.5. The number of hydrogen-bond acceptors (Lipinski definition) is 7. The summed E-state index contributed by atoms with van der Waals surface area (Å²) in [5.74, 6) is 0. The summed E-state index contributed by atoms with van der Waals surface area (Å²) in [7, 11) is -5.31. The minimum atomic E-state index is -3.67. The van der Waals surface area contributed by atoms with Crippen molar-refractivity contribution >= 4 is 15.2 Å². The van der Waals surface area contributed by atoms with Crippen molar-refractivity contribution in [2.45, 2.75) is 52.5 Å². The lowest BCUT2D eigenvalue weighted by atomic mass is 10.2. The standard InChI is InChI=1S/C20H37NO6P2/c1-6-24-28(22,25-7-2)20(29(23,26-8-3)27-9-4)16-13-17-21(5)18-19-14-11-10-12-15-19/h10-12,14-15,20H,6-9,13,16-18H2,1-5H3. The molecule has 0 spiro atoms. The number of nitrogens with zero attached hydrogens (tertiary/aromatic N) is 1. The highest BCUT2D eigenvalue weighted by Gasteiger charge is 2.50. The van der Waals surface area contributed by atoms with E-state index in [2.05, 4.69) is 17.0 Å². The minimum Gasteiger partial charge on any atom is -0.308 e. The van der Waals surface area contributed by atoms with E-state index in [4.69, 9.17) is 18.1 Å². The molecule has 0 aliphatic heterocycles. The summed E-state index contributed by atoms with van der Waals surface area (Å²) in [4.78, 5) is 2.17. The molecule has 0 aliphatic carbocycles. The highest BCUT2D eigenvalue weighted by Crippen LogP contribution is 2.71. The van der Waals surface area contributed by atoms with Gasteiger partial charge in [0, 0.05) is 6.54 Å². The summed E-state index contributed by atoms with van der Waals surface area (Å²) < 4.78 is 49.0. The SMILES string of the molecule is CCOP(=O)(OCC)C(CCCN(C)Cc1ccccc1)P(=O)(OCC)OCC. The van der Waals surface area contributed by atoms with E-state index in [1.807, 2.05) is 25.2 Å². The molecule has 0 N–H and O–H groups in total. The van der Waals surface area contributed by atoms with Gasteiger partial charge in [0.05, 0.1) is 26.4 Å². The third-order valence-corrected chi connectivity index (χ3v) is 10.4. The molecule has 168 valence electrons. The molecule has 0 saturated carbocycles. The number of hydrogen-bond donors (Lipinski definition) is 0. The maximum Gasteiger partial charge on any atom is 0.345 e. The lowest BCUT2D eigenvalue weighted by Crippen LogP contribution is -2.22. The first kappa shape index (κ1) is 26.5. The van der Waals surface area contributed by atoms with Crippen molar-refractivity contribution in [3.8, 4) is 0 Å². The fourth-order valence-electron chi connectivity index (χ4n) is 3.15. The van der Waals surface area contributed by atoms with Crippen LogP contribution < -0.4 is 0 Å². The second kappa shape index (κ2) is 13.7. The van der Waals surface area contributed by atoms with Gasteiger partial charge in [-0.15, -0.1) is 0 Å². The van der Waals surface area contributed by atoms with Crippen LogP contribution >= 0.6 is 15.2 Å². The summed E-state index contributed by atoms with van der Waals surface area (Å²) >= 11 is 0. The van der Waals surface area contributed by atoms with Crippen molar-refractivity contribution in [1.82, 2.24) is 4.90 Å². The Morgan fingerprint density at radius 1 is 0.828 bits per heavy atom. The predicted octanol–water partition coefficient (Wildman–Crippen LogP) is 5.76. The summed E-state index contributed by atoms with van der Waals surface area (Å²) in [5, 5.41) is -0.945. The molecule has 0 saturated heterocycles. The molecule has 0 heterocycles. The van der Waals surface area contributed by atoms with Crippen LogP contribution in [0.5, 0.6) is 0 Å². The molecule has 7 nitrogen and oxygen atoms in total. The van der Waals surface area contributed by atoms with Crippen LogP contribution in [0.3, 0.4) is 0 Å². The van der Waals surface area contributed by atoms with E-state index in [1.54, 1.807) is 27.7 Å². The third-order valence-electron chi connectivity index (χ3n) is 4.26. The zero-order valence-corrected chi connectivity index (χ0v) is 20.2. The second-order valence-electron chi connectivity index (χ2n) is 6.60. The zero-order chi connectivity index (χ0) is 21.8. The summed E-state index contributed by atoms with van der Waals surface area (Å²) in [6.45, 7) is 9.27. The fraction of sp³-hybridized carbons (Fsp3) is 0.700. The van der Waals surface area contributed by atoms with Crippen LogP contribution in [0.2, 0.25) is 0 Å².